The average Bonchev–Trinajstić information content (AvgIpc) is 3.13. The van der Waals surface area contributed by atoms with E-state index in [1.165, 1.54) is 0 Å². The molecule has 2 aromatic heterocycles. The fourth-order valence-corrected chi connectivity index (χ4v) is 2.01. The number of hydrogen-bond acceptors (Lipinski definition) is 4. The Morgan fingerprint density at radius 1 is 1.15 bits per heavy atom. The quantitative estimate of drug-likeness (QED) is 0.676. The van der Waals surface area contributed by atoms with Gasteiger partial charge in [0.2, 0.25) is 0 Å². The van der Waals surface area contributed by atoms with E-state index in [0.29, 0.717) is 12.6 Å². The highest BCUT2D eigenvalue weighted by Gasteiger charge is 2.03. The molecular formula is C16H23NO3. The number of nitrogens with one attached hydrogen (secondary N) is 1. The number of ether oxygens (including phenoxy) is 1. The molecule has 2 aromatic rings. The summed E-state index contributed by atoms with van der Waals surface area (Å²) in [4.78, 5) is 0. The highest BCUT2D eigenvalue weighted by Crippen LogP contribution is 2.06. The number of aryl methyl sites for hydroxylation is 1. The van der Waals surface area contributed by atoms with Crippen LogP contribution in [-0.2, 0) is 17.8 Å². The van der Waals surface area contributed by atoms with Crippen LogP contribution in [-0.4, -0.2) is 19.2 Å². The van der Waals surface area contributed by atoms with E-state index >= 15 is 0 Å². The molecule has 110 valence electrons. The third kappa shape index (κ3) is 5.63. The number of rotatable bonds is 10. The fraction of sp³-hybridized carbons (Fsp3) is 0.500. The van der Waals surface area contributed by atoms with Crippen LogP contribution < -0.4 is 5.32 Å². The summed E-state index contributed by atoms with van der Waals surface area (Å²) in [6.45, 7) is 4.48. The summed E-state index contributed by atoms with van der Waals surface area (Å²) < 4.78 is 16.0. The van der Waals surface area contributed by atoms with Gasteiger partial charge in [-0.3, -0.25) is 0 Å². The van der Waals surface area contributed by atoms with Gasteiger partial charge in [0.05, 0.1) is 12.5 Å². The third-order valence-corrected chi connectivity index (χ3v) is 3.19. The van der Waals surface area contributed by atoms with Crippen molar-refractivity contribution in [2.24, 2.45) is 0 Å². The van der Waals surface area contributed by atoms with E-state index in [0.717, 1.165) is 43.9 Å². The van der Waals surface area contributed by atoms with Crippen molar-refractivity contribution in [1.29, 1.82) is 0 Å². The lowest BCUT2D eigenvalue weighted by Gasteiger charge is -2.12. The van der Waals surface area contributed by atoms with Gasteiger partial charge in [-0.05, 0) is 50.6 Å². The molecule has 1 atom stereocenters. The Morgan fingerprint density at radius 3 is 2.60 bits per heavy atom. The average molecular weight is 277 g/mol. The summed E-state index contributed by atoms with van der Waals surface area (Å²) in [5.41, 5.74) is 0. The highest BCUT2D eigenvalue weighted by molar-refractivity contribution is 4.98. The molecule has 0 radical (unpaired) electrons. The second-order valence-corrected chi connectivity index (χ2v) is 4.96. The molecule has 0 bridgehead atoms. The molecule has 0 aliphatic rings. The van der Waals surface area contributed by atoms with Crippen LogP contribution >= 0.6 is 0 Å². The summed E-state index contributed by atoms with van der Waals surface area (Å²) in [6.07, 6.45) is 6.47. The van der Waals surface area contributed by atoms with Gasteiger partial charge in [0.15, 0.2) is 0 Å². The molecule has 1 unspecified atom stereocenters. The Bertz CT molecular complexity index is 436. The highest BCUT2D eigenvalue weighted by atomic mass is 16.5. The normalized spacial score (nSPS) is 12.7. The van der Waals surface area contributed by atoms with Gasteiger partial charge in [-0.15, -0.1) is 0 Å². The molecule has 1 N–H and O–H groups in total. The van der Waals surface area contributed by atoms with E-state index in [1.807, 2.05) is 24.3 Å². The summed E-state index contributed by atoms with van der Waals surface area (Å²) in [6, 6.07) is 8.25. The van der Waals surface area contributed by atoms with Crippen LogP contribution in [0.15, 0.2) is 45.6 Å². The minimum Gasteiger partial charge on any atom is -0.469 e. The van der Waals surface area contributed by atoms with Gasteiger partial charge in [-0.1, -0.05) is 0 Å². The first kappa shape index (κ1) is 14.9. The Balaban J connectivity index is 1.44. The second-order valence-electron chi connectivity index (χ2n) is 4.96. The smallest absolute Gasteiger partial charge is 0.129 e. The van der Waals surface area contributed by atoms with Crippen molar-refractivity contribution < 1.29 is 13.6 Å². The predicted octanol–water partition coefficient (Wildman–Crippen LogP) is 3.39. The monoisotopic (exact) mass is 277 g/mol. The summed E-state index contributed by atoms with van der Waals surface area (Å²) in [5.74, 6) is 1.94. The Labute approximate surface area is 120 Å². The lowest BCUT2D eigenvalue weighted by molar-refractivity contribution is 0.103. The van der Waals surface area contributed by atoms with Crippen molar-refractivity contribution in [3.8, 4) is 0 Å². The predicted molar refractivity (Wildman–Crippen MR) is 77.5 cm³/mol. The van der Waals surface area contributed by atoms with E-state index in [9.17, 15) is 0 Å². The second kappa shape index (κ2) is 8.61. The van der Waals surface area contributed by atoms with Gasteiger partial charge in [-0.25, -0.2) is 0 Å². The first-order chi connectivity index (χ1) is 9.84. The molecule has 4 nitrogen and oxygen atoms in total. The van der Waals surface area contributed by atoms with Crippen LogP contribution in [0.25, 0.3) is 0 Å². The molecule has 4 heteroatoms. The Hall–Kier alpha value is -1.52. The molecule has 0 spiro atoms. The lowest BCUT2D eigenvalue weighted by Crippen LogP contribution is -2.28. The van der Waals surface area contributed by atoms with Crippen molar-refractivity contribution in [2.75, 3.05) is 13.2 Å². The van der Waals surface area contributed by atoms with Crippen molar-refractivity contribution in [1.82, 2.24) is 5.32 Å². The molecule has 0 aromatic carbocycles. The van der Waals surface area contributed by atoms with Crippen molar-refractivity contribution in [2.45, 2.75) is 38.8 Å². The number of furan rings is 2. The number of hydrogen-bond donors (Lipinski definition) is 1. The molecule has 0 amide bonds. The van der Waals surface area contributed by atoms with Crippen molar-refractivity contribution in [3.05, 3.63) is 48.3 Å². The Morgan fingerprint density at radius 2 is 1.90 bits per heavy atom. The maximum absolute atomic E-state index is 5.53. The van der Waals surface area contributed by atoms with Gasteiger partial charge in [0.1, 0.15) is 18.1 Å². The molecule has 0 aliphatic carbocycles. The zero-order chi connectivity index (χ0) is 14.0. The van der Waals surface area contributed by atoms with Crippen LogP contribution in [0.5, 0.6) is 0 Å². The van der Waals surface area contributed by atoms with E-state index in [-0.39, 0.29) is 0 Å². The van der Waals surface area contributed by atoms with Crippen LogP contribution in [0.1, 0.15) is 31.3 Å². The first-order valence-electron chi connectivity index (χ1n) is 7.20. The summed E-state index contributed by atoms with van der Waals surface area (Å²) >= 11 is 0. The minimum atomic E-state index is 0.491. The van der Waals surface area contributed by atoms with Crippen LogP contribution in [0.4, 0.5) is 0 Å². The van der Waals surface area contributed by atoms with E-state index in [2.05, 4.69) is 12.2 Å². The summed E-state index contributed by atoms with van der Waals surface area (Å²) in [7, 11) is 0. The van der Waals surface area contributed by atoms with Gasteiger partial charge < -0.3 is 18.9 Å². The van der Waals surface area contributed by atoms with Gasteiger partial charge >= 0.3 is 0 Å². The first-order valence-corrected chi connectivity index (χ1v) is 7.20. The van der Waals surface area contributed by atoms with Gasteiger partial charge in [0, 0.05) is 19.1 Å². The maximum Gasteiger partial charge on any atom is 0.129 e. The van der Waals surface area contributed by atoms with Crippen molar-refractivity contribution >= 4 is 0 Å². The van der Waals surface area contributed by atoms with Crippen molar-refractivity contribution in [3.63, 3.8) is 0 Å². The molecule has 0 saturated heterocycles. The third-order valence-electron chi connectivity index (χ3n) is 3.19. The van der Waals surface area contributed by atoms with E-state index < -0.39 is 0 Å². The largest absolute Gasteiger partial charge is 0.469 e. The molecular weight excluding hydrogens is 254 g/mol. The maximum atomic E-state index is 5.53. The SMILES string of the molecule is CC(CCc1ccco1)NCCCOCc1ccco1. The molecule has 20 heavy (non-hydrogen) atoms. The standard InChI is InChI=1S/C16H23NO3/c1-14(7-8-15-5-2-11-19-15)17-9-4-10-18-13-16-6-3-12-20-16/h2-3,5-6,11-12,14,17H,4,7-10,13H2,1H3. The van der Waals surface area contributed by atoms with E-state index in [1.54, 1.807) is 12.5 Å². The zero-order valence-electron chi connectivity index (χ0n) is 12.0. The molecule has 2 heterocycles. The fourth-order valence-electron chi connectivity index (χ4n) is 2.01. The van der Waals surface area contributed by atoms with Crippen LogP contribution in [0.2, 0.25) is 0 Å². The van der Waals surface area contributed by atoms with Gasteiger partial charge in [0.25, 0.3) is 0 Å². The topological polar surface area (TPSA) is 47.5 Å². The molecule has 0 saturated carbocycles. The lowest BCUT2D eigenvalue weighted by atomic mass is 10.1. The van der Waals surface area contributed by atoms with E-state index in [4.69, 9.17) is 13.6 Å². The van der Waals surface area contributed by atoms with Gasteiger partial charge in [-0.2, -0.15) is 0 Å². The minimum absolute atomic E-state index is 0.491. The Kier molecular flexibility index (Phi) is 6.41. The zero-order valence-corrected chi connectivity index (χ0v) is 12.0. The summed E-state index contributed by atoms with van der Waals surface area (Å²) in [5, 5.41) is 3.49. The van der Waals surface area contributed by atoms with Crippen LogP contribution in [0.3, 0.4) is 0 Å². The molecule has 0 fully saturated rings. The van der Waals surface area contributed by atoms with Crippen LogP contribution in [0, 0.1) is 0 Å². The molecule has 0 aliphatic heterocycles. The molecule has 2 rings (SSSR count).